The Bertz CT molecular complexity index is 738. The van der Waals surface area contributed by atoms with Gasteiger partial charge in [-0.3, -0.25) is 9.69 Å². The van der Waals surface area contributed by atoms with Crippen LogP contribution in [0.5, 0.6) is 0 Å². The molecule has 1 aromatic carbocycles. The second-order valence-corrected chi connectivity index (χ2v) is 6.61. The molecule has 2 fully saturated rings. The summed E-state index contributed by atoms with van der Waals surface area (Å²) in [6, 6.07) is 7.61. The van der Waals surface area contributed by atoms with Crippen molar-refractivity contribution in [1.82, 2.24) is 30.4 Å². The third kappa shape index (κ3) is 3.40. The summed E-state index contributed by atoms with van der Waals surface area (Å²) in [4.78, 5) is 16.4. The van der Waals surface area contributed by atoms with Gasteiger partial charge in [0.15, 0.2) is 0 Å². The van der Waals surface area contributed by atoms with E-state index in [0.717, 1.165) is 18.7 Å². The second-order valence-electron chi connectivity index (χ2n) is 6.61. The minimum atomic E-state index is -0.0710. The van der Waals surface area contributed by atoms with E-state index in [0.29, 0.717) is 24.6 Å². The number of carbonyl (C=O) groups excluding carboxylic acids is 1. The molecule has 2 saturated heterocycles. The van der Waals surface area contributed by atoms with Gasteiger partial charge in [-0.15, -0.1) is 10.2 Å². The predicted molar refractivity (Wildman–Crippen MR) is 90.9 cm³/mol. The van der Waals surface area contributed by atoms with Crippen LogP contribution in [-0.2, 0) is 11.8 Å². The highest BCUT2D eigenvalue weighted by Gasteiger charge is 2.35. The summed E-state index contributed by atoms with van der Waals surface area (Å²) in [5.74, 6) is 0.478. The fourth-order valence-corrected chi connectivity index (χ4v) is 3.54. The van der Waals surface area contributed by atoms with Crippen molar-refractivity contribution in [2.45, 2.75) is 24.9 Å². The first kappa shape index (κ1) is 16.2. The van der Waals surface area contributed by atoms with E-state index < -0.39 is 0 Å². The Labute approximate surface area is 146 Å². The Morgan fingerprint density at radius 2 is 1.96 bits per heavy atom. The lowest BCUT2D eigenvalue weighted by molar-refractivity contribution is 0.0916. The molecule has 2 aliphatic heterocycles. The summed E-state index contributed by atoms with van der Waals surface area (Å²) in [6.07, 6.45) is 2.46. The number of ether oxygens (including phenoxy) is 1. The normalized spacial score (nSPS) is 23.9. The molecule has 8 heteroatoms. The summed E-state index contributed by atoms with van der Waals surface area (Å²) in [5, 5.41) is 15.1. The summed E-state index contributed by atoms with van der Waals surface area (Å²) in [6.45, 7) is 3.47. The average Bonchev–Trinajstić information content (AvgIpc) is 3.36. The van der Waals surface area contributed by atoms with Crippen molar-refractivity contribution in [2.24, 2.45) is 7.05 Å². The fraction of sp³-hybridized carbons (Fsp3) is 0.529. The van der Waals surface area contributed by atoms with Gasteiger partial charge in [0.25, 0.3) is 5.91 Å². The van der Waals surface area contributed by atoms with Gasteiger partial charge in [-0.2, -0.15) is 4.80 Å². The number of amides is 1. The Kier molecular flexibility index (Phi) is 4.46. The number of hydrogen-bond acceptors (Lipinski definition) is 6. The molecule has 132 valence electrons. The molecule has 0 radical (unpaired) electrons. The van der Waals surface area contributed by atoms with Crippen molar-refractivity contribution in [3.8, 4) is 11.4 Å². The van der Waals surface area contributed by atoms with Gasteiger partial charge < -0.3 is 10.1 Å². The first-order chi connectivity index (χ1) is 12.2. The van der Waals surface area contributed by atoms with Crippen molar-refractivity contribution in [1.29, 1.82) is 0 Å². The zero-order valence-electron chi connectivity index (χ0n) is 14.3. The largest absolute Gasteiger partial charge is 0.378 e. The number of nitrogens with one attached hydrogen (secondary N) is 1. The topological polar surface area (TPSA) is 85.2 Å². The standard InChI is InChI=1S/C17H22N6O2/c1-22-20-16(19-21-22)12-4-6-13(7-5-12)17(24)18-14-10-25-11-15(14)23-8-2-3-9-23/h4-7,14-15H,2-3,8-11H2,1H3,(H,18,24)/t14-,15-/m1/s1. The van der Waals surface area contributed by atoms with Crippen LogP contribution in [-0.4, -0.2) is 69.4 Å². The Morgan fingerprint density at radius 3 is 2.64 bits per heavy atom. The second kappa shape index (κ2) is 6.89. The van der Waals surface area contributed by atoms with Crippen LogP contribution in [0.3, 0.4) is 0 Å². The maximum absolute atomic E-state index is 12.6. The SMILES string of the molecule is Cn1nnc(-c2ccc(C(=O)N[C@@H]3COC[C@H]3N3CCCC3)cc2)n1. The van der Waals surface area contributed by atoms with Crippen LogP contribution in [0.15, 0.2) is 24.3 Å². The van der Waals surface area contributed by atoms with E-state index in [4.69, 9.17) is 4.74 Å². The number of carbonyl (C=O) groups is 1. The van der Waals surface area contributed by atoms with Gasteiger partial charge in [-0.25, -0.2) is 0 Å². The average molecular weight is 342 g/mol. The van der Waals surface area contributed by atoms with E-state index in [-0.39, 0.29) is 18.0 Å². The third-order valence-electron chi connectivity index (χ3n) is 4.89. The van der Waals surface area contributed by atoms with Crippen LogP contribution in [0.2, 0.25) is 0 Å². The van der Waals surface area contributed by atoms with E-state index in [1.165, 1.54) is 17.6 Å². The molecule has 2 aromatic rings. The van der Waals surface area contributed by atoms with Crippen LogP contribution in [0, 0.1) is 0 Å². The molecular weight excluding hydrogens is 320 g/mol. The van der Waals surface area contributed by atoms with Crippen LogP contribution >= 0.6 is 0 Å². The molecular formula is C17H22N6O2. The lowest BCUT2D eigenvalue weighted by Crippen LogP contribution is -2.50. The first-order valence-electron chi connectivity index (χ1n) is 8.68. The van der Waals surface area contributed by atoms with Crippen LogP contribution in [0.25, 0.3) is 11.4 Å². The number of tetrazole rings is 1. The number of aromatic nitrogens is 4. The number of rotatable bonds is 4. The summed E-state index contributed by atoms with van der Waals surface area (Å²) >= 11 is 0. The highest BCUT2D eigenvalue weighted by molar-refractivity contribution is 5.94. The smallest absolute Gasteiger partial charge is 0.251 e. The molecule has 0 bridgehead atoms. The molecule has 2 atom stereocenters. The number of benzene rings is 1. The molecule has 8 nitrogen and oxygen atoms in total. The molecule has 25 heavy (non-hydrogen) atoms. The highest BCUT2D eigenvalue weighted by atomic mass is 16.5. The third-order valence-corrected chi connectivity index (χ3v) is 4.89. The molecule has 1 aromatic heterocycles. The maximum Gasteiger partial charge on any atom is 0.251 e. The number of hydrogen-bond donors (Lipinski definition) is 1. The summed E-state index contributed by atoms with van der Waals surface area (Å²) in [5.41, 5.74) is 1.46. The lowest BCUT2D eigenvalue weighted by Gasteiger charge is -2.27. The van der Waals surface area contributed by atoms with Gasteiger partial charge in [0.05, 0.1) is 32.3 Å². The maximum atomic E-state index is 12.6. The molecule has 1 N–H and O–H groups in total. The number of nitrogens with zero attached hydrogens (tertiary/aromatic N) is 5. The van der Waals surface area contributed by atoms with E-state index in [2.05, 4.69) is 25.6 Å². The van der Waals surface area contributed by atoms with E-state index in [9.17, 15) is 4.79 Å². The summed E-state index contributed by atoms with van der Waals surface area (Å²) < 4.78 is 5.62. The molecule has 4 rings (SSSR count). The van der Waals surface area contributed by atoms with E-state index in [1.807, 2.05) is 12.1 Å². The van der Waals surface area contributed by atoms with Crippen molar-refractivity contribution in [3.63, 3.8) is 0 Å². The van der Waals surface area contributed by atoms with Gasteiger partial charge in [-0.05, 0) is 43.3 Å². The quantitative estimate of drug-likeness (QED) is 0.869. The Balaban J connectivity index is 1.42. The van der Waals surface area contributed by atoms with Gasteiger partial charge in [-0.1, -0.05) is 12.1 Å². The first-order valence-corrected chi connectivity index (χ1v) is 8.68. The van der Waals surface area contributed by atoms with Crippen molar-refractivity contribution in [2.75, 3.05) is 26.3 Å². The molecule has 0 unspecified atom stereocenters. The molecule has 0 spiro atoms. The van der Waals surface area contributed by atoms with Gasteiger partial charge in [0.1, 0.15) is 0 Å². The van der Waals surface area contributed by atoms with E-state index in [1.54, 1.807) is 19.2 Å². The van der Waals surface area contributed by atoms with Crippen LogP contribution < -0.4 is 5.32 Å². The van der Waals surface area contributed by atoms with Crippen molar-refractivity contribution >= 4 is 5.91 Å². The van der Waals surface area contributed by atoms with E-state index >= 15 is 0 Å². The Morgan fingerprint density at radius 1 is 1.20 bits per heavy atom. The molecule has 0 saturated carbocycles. The molecule has 1 amide bonds. The molecule has 3 heterocycles. The fourth-order valence-electron chi connectivity index (χ4n) is 3.54. The number of aryl methyl sites for hydroxylation is 1. The minimum Gasteiger partial charge on any atom is -0.378 e. The lowest BCUT2D eigenvalue weighted by atomic mass is 10.1. The van der Waals surface area contributed by atoms with Crippen molar-refractivity contribution in [3.05, 3.63) is 29.8 Å². The van der Waals surface area contributed by atoms with Gasteiger partial charge in [0.2, 0.25) is 5.82 Å². The summed E-state index contributed by atoms with van der Waals surface area (Å²) in [7, 11) is 1.72. The van der Waals surface area contributed by atoms with Crippen LogP contribution in [0.1, 0.15) is 23.2 Å². The van der Waals surface area contributed by atoms with Crippen LogP contribution in [0.4, 0.5) is 0 Å². The van der Waals surface area contributed by atoms with Gasteiger partial charge >= 0.3 is 0 Å². The van der Waals surface area contributed by atoms with Gasteiger partial charge in [0, 0.05) is 11.1 Å². The highest BCUT2D eigenvalue weighted by Crippen LogP contribution is 2.20. The Hall–Kier alpha value is -2.32. The zero-order chi connectivity index (χ0) is 17.2. The molecule has 0 aliphatic carbocycles. The number of likely N-dealkylation sites (tertiary alicyclic amines) is 1. The zero-order valence-corrected chi connectivity index (χ0v) is 14.3. The molecule has 2 aliphatic rings. The monoisotopic (exact) mass is 342 g/mol. The minimum absolute atomic E-state index is 0.0481. The predicted octanol–water partition coefficient (Wildman–Crippen LogP) is 0.470. The van der Waals surface area contributed by atoms with Crippen molar-refractivity contribution < 1.29 is 9.53 Å².